The van der Waals surface area contributed by atoms with Gasteiger partial charge in [0, 0.05) is 23.5 Å². The van der Waals surface area contributed by atoms with E-state index < -0.39 is 0 Å². The van der Waals surface area contributed by atoms with Crippen molar-refractivity contribution in [2.75, 3.05) is 38.6 Å². The molecule has 7 heteroatoms. The van der Waals surface area contributed by atoms with Gasteiger partial charge in [0.05, 0.1) is 12.7 Å². The number of aromatic amines is 1. The number of hydrogen-bond acceptors (Lipinski definition) is 4. The number of carbonyl (C=O) groups excluding carboxylic acids is 2. The first-order chi connectivity index (χ1) is 14.5. The highest BCUT2D eigenvalue weighted by Crippen LogP contribution is 2.35. The largest absolute Gasteiger partial charge is 0.497 e. The van der Waals surface area contributed by atoms with Crippen molar-refractivity contribution in [3.63, 3.8) is 0 Å². The number of benzene rings is 1. The van der Waals surface area contributed by atoms with Crippen LogP contribution < -0.4 is 15.4 Å². The summed E-state index contributed by atoms with van der Waals surface area (Å²) in [6.07, 6.45) is 2.67. The SMILES string of the molecule is CCN(CC)CCCNC(=O)c1[nH]c(C=C2C(=O)Nc3ccc(OC)cc32)cc1C. The highest BCUT2D eigenvalue weighted by molar-refractivity contribution is 6.34. The molecule has 3 N–H and O–H groups in total. The quantitative estimate of drug-likeness (QED) is 0.437. The molecule has 1 aromatic carbocycles. The van der Waals surface area contributed by atoms with E-state index in [9.17, 15) is 9.59 Å². The molecule has 0 bridgehead atoms. The van der Waals surface area contributed by atoms with Crippen LogP contribution in [-0.2, 0) is 4.79 Å². The lowest BCUT2D eigenvalue weighted by Crippen LogP contribution is -2.30. The van der Waals surface area contributed by atoms with Crippen molar-refractivity contribution in [2.45, 2.75) is 27.2 Å². The fourth-order valence-electron chi connectivity index (χ4n) is 3.62. The lowest BCUT2D eigenvalue weighted by molar-refractivity contribution is -0.110. The zero-order valence-corrected chi connectivity index (χ0v) is 18.1. The molecule has 0 unspecified atom stereocenters. The lowest BCUT2D eigenvalue weighted by atomic mass is 10.1. The van der Waals surface area contributed by atoms with Gasteiger partial charge in [0.15, 0.2) is 0 Å². The Kier molecular flexibility index (Phi) is 6.95. The minimum absolute atomic E-state index is 0.130. The predicted molar refractivity (Wildman–Crippen MR) is 120 cm³/mol. The Labute approximate surface area is 177 Å². The molecule has 1 aliphatic rings. The van der Waals surface area contributed by atoms with E-state index in [1.165, 1.54) is 0 Å². The number of hydrogen-bond donors (Lipinski definition) is 3. The molecule has 0 saturated heterocycles. The number of nitrogens with zero attached hydrogens (tertiary/aromatic N) is 1. The fourth-order valence-corrected chi connectivity index (χ4v) is 3.62. The Morgan fingerprint density at radius 3 is 2.70 bits per heavy atom. The van der Waals surface area contributed by atoms with Gasteiger partial charge in [-0.05, 0) is 68.9 Å². The monoisotopic (exact) mass is 410 g/mol. The molecule has 0 spiro atoms. The van der Waals surface area contributed by atoms with Gasteiger partial charge in [-0.2, -0.15) is 0 Å². The van der Waals surface area contributed by atoms with Gasteiger partial charge in [-0.3, -0.25) is 9.59 Å². The average molecular weight is 411 g/mol. The number of aryl methyl sites for hydroxylation is 1. The van der Waals surface area contributed by atoms with Crippen molar-refractivity contribution in [3.05, 3.63) is 46.8 Å². The van der Waals surface area contributed by atoms with Crippen molar-refractivity contribution in [3.8, 4) is 5.75 Å². The molecule has 0 fully saturated rings. The second-order valence-corrected chi connectivity index (χ2v) is 7.34. The summed E-state index contributed by atoms with van der Waals surface area (Å²) in [5.74, 6) is 0.381. The number of rotatable bonds is 9. The maximum atomic E-state index is 12.6. The Morgan fingerprint density at radius 2 is 2.00 bits per heavy atom. The maximum Gasteiger partial charge on any atom is 0.267 e. The second-order valence-electron chi connectivity index (χ2n) is 7.34. The molecule has 0 saturated carbocycles. The van der Waals surface area contributed by atoms with E-state index in [0.717, 1.165) is 42.9 Å². The van der Waals surface area contributed by atoms with Crippen LogP contribution in [0.25, 0.3) is 11.6 Å². The number of aromatic nitrogens is 1. The summed E-state index contributed by atoms with van der Waals surface area (Å²) >= 11 is 0. The molecule has 2 heterocycles. The Hall–Kier alpha value is -3.06. The highest BCUT2D eigenvalue weighted by Gasteiger charge is 2.25. The molecule has 7 nitrogen and oxygen atoms in total. The summed E-state index contributed by atoms with van der Waals surface area (Å²) in [5.41, 5.74) is 4.15. The summed E-state index contributed by atoms with van der Waals surface area (Å²) in [6, 6.07) is 7.34. The van der Waals surface area contributed by atoms with Crippen LogP contribution >= 0.6 is 0 Å². The fraction of sp³-hybridized carbons (Fsp3) is 0.391. The van der Waals surface area contributed by atoms with E-state index in [2.05, 4.69) is 34.4 Å². The maximum absolute atomic E-state index is 12.6. The third-order valence-corrected chi connectivity index (χ3v) is 5.40. The molecule has 160 valence electrons. The predicted octanol–water partition coefficient (Wildman–Crippen LogP) is 3.29. The number of nitrogens with one attached hydrogen (secondary N) is 3. The van der Waals surface area contributed by atoms with E-state index in [-0.39, 0.29) is 11.8 Å². The molecule has 0 aliphatic carbocycles. The van der Waals surface area contributed by atoms with Crippen molar-refractivity contribution in [2.24, 2.45) is 0 Å². The van der Waals surface area contributed by atoms with Gasteiger partial charge in [-0.15, -0.1) is 0 Å². The third-order valence-electron chi connectivity index (χ3n) is 5.40. The van der Waals surface area contributed by atoms with Crippen LogP contribution in [0.3, 0.4) is 0 Å². The molecule has 2 amide bonds. The molecular formula is C23H30N4O3. The summed E-state index contributed by atoms with van der Waals surface area (Å²) in [6.45, 7) is 9.78. The summed E-state index contributed by atoms with van der Waals surface area (Å²) in [5, 5.41) is 5.83. The first-order valence-electron chi connectivity index (χ1n) is 10.4. The number of anilines is 1. The molecule has 2 aromatic rings. The number of ether oxygens (including phenoxy) is 1. The molecule has 1 aliphatic heterocycles. The van der Waals surface area contributed by atoms with Gasteiger partial charge >= 0.3 is 0 Å². The Balaban J connectivity index is 1.71. The molecule has 0 radical (unpaired) electrons. The molecule has 0 atom stereocenters. The first kappa shape index (κ1) is 21.6. The minimum Gasteiger partial charge on any atom is -0.497 e. The summed E-state index contributed by atoms with van der Waals surface area (Å²) < 4.78 is 5.27. The smallest absolute Gasteiger partial charge is 0.267 e. The number of H-pyrrole nitrogens is 1. The van der Waals surface area contributed by atoms with E-state index in [4.69, 9.17) is 4.74 Å². The van der Waals surface area contributed by atoms with Gasteiger partial charge in [0.1, 0.15) is 11.4 Å². The third kappa shape index (κ3) is 4.74. The van der Waals surface area contributed by atoms with Gasteiger partial charge in [-0.1, -0.05) is 13.8 Å². The van der Waals surface area contributed by atoms with Crippen molar-refractivity contribution in [1.82, 2.24) is 15.2 Å². The van der Waals surface area contributed by atoms with Crippen molar-refractivity contribution >= 4 is 29.2 Å². The van der Waals surface area contributed by atoms with Crippen LogP contribution in [0.1, 0.15) is 47.6 Å². The first-order valence-corrected chi connectivity index (χ1v) is 10.4. The molecule has 30 heavy (non-hydrogen) atoms. The Morgan fingerprint density at radius 1 is 1.23 bits per heavy atom. The molecular weight excluding hydrogens is 380 g/mol. The van der Waals surface area contributed by atoms with Crippen LogP contribution in [-0.4, -0.2) is 55.0 Å². The Bertz CT molecular complexity index is 957. The van der Waals surface area contributed by atoms with E-state index in [1.807, 2.05) is 31.2 Å². The highest BCUT2D eigenvalue weighted by atomic mass is 16.5. The van der Waals surface area contributed by atoms with Gasteiger partial charge in [0.2, 0.25) is 0 Å². The van der Waals surface area contributed by atoms with E-state index in [1.54, 1.807) is 13.2 Å². The van der Waals surface area contributed by atoms with Crippen LogP contribution in [0.2, 0.25) is 0 Å². The number of carbonyl (C=O) groups is 2. The van der Waals surface area contributed by atoms with Crippen molar-refractivity contribution in [1.29, 1.82) is 0 Å². The van der Waals surface area contributed by atoms with Gasteiger partial charge < -0.3 is 25.3 Å². The lowest BCUT2D eigenvalue weighted by Gasteiger charge is -2.17. The summed E-state index contributed by atoms with van der Waals surface area (Å²) in [4.78, 5) is 30.5. The van der Waals surface area contributed by atoms with E-state index in [0.29, 0.717) is 29.3 Å². The van der Waals surface area contributed by atoms with Crippen LogP contribution in [0, 0.1) is 6.92 Å². The van der Waals surface area contributed by atoms with Gasteiger partial charge in [0.25, 0.3) is 11.8 Å². The van der Waals surface area contributed by atoms with E-state index >= 15 is 0 Å². The zero-order chi connectivity index (χ0) is 21.7. The van der Waals surface area contributed by atoms with Crippen LogP contribution in [0.15, 0.2) is 24.3 Å². The average Bonchev–Trinajstić information content (AvgIpc) is 3.27. The normalized spacial score (nSPS) is 14.2. The summed E-state index contributed by atoms with van der Waals surface area (Å²) in [7, 11) is 1.59. The number of fused-ring (bicyclic) bond motifs is 1. The second kappa shape index (κ2) is 9.63. The van der Waals surface area contributed by atoms with Crippen molar-refractivity contribution < 1.29 is 14.3 Å². The van der Waals surface area contributed by atoms with Gasteiger partial charge in [-0.25, -0.2) is 0 Å². The van der Waals surface area contributed by atoms with Crippen LogP contribution in [0.5, 0.6) is 5.75 Å². The topological polar surface area (TPSA) is 86.5 Å². The number of amides is 2. The minimum atomic E-state index is -0.173. The van der Waals surface area contributed by atoms with Crippen LogP contribution in [0.4, 0.5) is 5.69 Å². The standard InChI is InChI=1S/C23H30N4O3/c1-5-27(6-2)11-7-10-24-23(29)21-15(3)12-16(25-21)13-19-18-14-17(30-4)8-9-20(18)26-22(19)28/h8-9,12-14,25H,5-7,10-11H2,1-4H3,(H,24,29)(H,26,28). The zero-order valence-electron chi connectivity index (χ0n) is 18.1. The molecule has 3 rings (SSSR count). The molecule has 1 aromatic heterocycles. The number of methoxy groups -OCH3 is 1.